The molecule has 0 saturated carbocycles. The van der Waals surface area contributed by atoms with E-state index in [0.717, 1.165) is 58.0 Å². The van der Waals surface area contributed by atoms with E-state index in [4.69, 9.17) is 4.99 Å². The fourth-order valence-corrected chi connectivity index (χ4v) is 4.07. The average molecular weight is 510 g/mol. The summed E-state index contributed by atoms with van der Waals surface area (Å²) >= 11 is 0. The van der Waals surface area contributed by atoms with E-state index in [1.165, 1.54) is 11.1 Å². The van der Waals surface area contributed by atoms with Crippen LogP contribution in [0.5, 0.6) is 0 Å². The van der Waals surface area contributed by atoms with E-state index in [9.17, 15) is 0 Å². The van der Waals surface area contributed by atoms with Crippen LogP contribution < -0.4 is 5.32 Å². The number of hydrogen-bond acceptors (Lipinski definition) is 3. The van der Waals surface area contributed by atoms with Gasteiger partial charge in [0.05, 0.1) is 11.4 Å². The monoisotopic (exact) mass is 509 g/mol. The molecule has 0 heterocycles. The first-order valence-electron chi connectivity index (χ1n) is 13.5. The van der Waals surface area contributed by atoms with Crippen molar-refractivity contribution < 1.29 is 0 Å². The van der Waals surface area contributed by atoms with Gasteiger partial charge < -0.3 is 10.2 Å². The van der Waals surface area contributed by atoms with Crippen LogP contribution in [0.1, 0.15) is 71.6 Å². The van der Waals surface area contributed by atoms with E-state index in [1.807, 2.05) is 25.1 Å². The molecule has 0 amide bonds. The molecule has 202 valence electrons. The van der Waals surface area contributed by atoms with Gasteiger partial charge in [-0.2, -0.15) is 0 Å². The lowest BCUT2D eigenvalue weighted by Gasteiger charge is -2.19. The Morgan fingerprint density at radius 3 is 2.21 bits per heavy atom. The zero-order valence-corrected chi connectivity index (χ0v) is 25.1. The molecule has 0 fully saturated rings. The molecule has 0 bridgehead atoms. The topological polar surface area (TPSA) is 27.6 Å². The van der Waals surface area contributed by atoms with Crippen molar-refractivity contribution in [3.05, 3.63) is 125 Å². The fraction of sp³-hybridized carbons (Fsp3) is 0.343. The number of hydrogen-bond donors (Lipinski definition) is 1. The quantitative estimate of drug-likeness (QED) is 0.241. The summed E-state index contributed by atoms with van der Waals surface area (Å²) in [4.78, 5) is 7.18. The zero-order chi connectivity index (χ0) is 28.5. The molecule has 0 aliphatic rings. The first-order chi connectivity index (χ1) is 17.9. The van der Waals surface area contributed by atoms with E-state index in [1.54, 1.807) is 0 Å². The molecular formula is C35H47N3. The van der Waals surface area contributed by atoms with Gasteiger partial charge in [-0.1, -0.05) is 89.7 Å². The summed E-state index contributed by atoms with van der Waals surface area (Å²) in [6, 6.07) is 17.3. The molecule has 3 nitrogen and oxygen atoms in total. The first kappa shape index (κ1) is 30.6. The maximum Gasteiger partial charge on any atom is 0.0893 e. The second-order valence-corrected chi connectivity index (χ2v) is 11.1. The molecule has 0 atom stereocenters. The number of likely N-dealkylation sites (N-methyl/N-ethyl adjacent to an activating group) is 1. The Labute approximate surface area is 232 Å². The molecule has 2 rings (SSSR count). The minimum atomic E-state index is 0.113. The number of nitrogens with zero attached hydrogens (tertiary/aromatic N) is 2. The third-order valence-corrected chi connectivity index (χ3v) is 6.67. The standard InChI is InChI=1S/C35H47N3/c1-12-15-29-16-14-17-32(24-29)36-28(6)34(26(4)25(3)18-23-33(13-2)38(10)11)37-27(5)30-19-21-31(22-20-30)35(7,8)9/h13-14,16-24,36H,2,6,12,15H2,1,3-5,7-11H3/b25-18+,33-23+,34-26+,37-27?. The van der Waals surface area contributed by atoms with Crippen LogP contribution in [0.4, 0.5) is 5.69 Å². The van der Waals surface area contributed by atoms with Gasteiger partial charge >= 0.3 is 0 Å². The van der Waals surface area contributed by atoms with Crippen LogP contribution in [0.25, 0.3) is 0 Å². The first-order valence-corrected chi connectivity index (χ1v) is 13.5. The molecule has 0 saturated heterocycles. The maximum atomic E-state index is 5.14. The number of nitrogens with one attached hydrogen (secondary N) is 1. The summed E-state index contributed by atoms with van der Waals surface area (Å²) in [5, 5.41) is 3.53. The zero-order valence-electron chi connectivity index (χ0n) is 25.1. The number of benzene rings is 2. The molecule has 0 unspecified atom stereocenters. The number of rotatable bonds is 11. The third kappa shape index (κ3) is 8.76. The molecule has 0 aromatic heterocycles. The second kappa shape index (κ2) is 13.8. The van der Waals surface area contributed by atoms with Crippen LogP contribution in [-0.2, 0) is 11.8 Å². The fourth-order valence-electron chi connectivity index (χ4n) is 4.07. The van der Waals surface area contributed by atoms with Gasteiger partial charge in [-0.15, -0.1) is 0 Å². The molecule has 38 heavy (non-hydrogen) atoms. The number of aryl methyl sites for hydroxylation is 1. The molecule has 2 aromatic rings. The van der Waals surface area contributed by atoms with E-state index >= 15 is 0 Å². The van der Waals surface area contributed by atoms with Crippen molar-refractivity contribution in [2.45, 2.75) is 66.7 Å². The summed E-state index contributed by atoms with van der Waals surface area (Å²) in [7, 11) is 4.03. The van der Waals surface area contributed by atoms with Crippen molar-refractivity contribution >= 4 is 11.4 Å². The minimum absolute atomic E-state index is 0.113. The highest BCUT2D eigenvalue weighted by Gasteiger charge is 2.14. The number of allylic oxidation sites excluding steroid dienone is 5. The Morgan fingerprint density at radius 1 is 1.00 bits per heavy atom. The highest BCUT2D eigenvalue weighted by molar-refractivity contribution is 5.99. The Balaban J connectivity index is 2.55. The van der Waals surface area contributed by atoms with Gasteiger partial charge in [0, 0.05) is 31.2 Å². The normalized spacial score (nSPS) is 13.7. The van der Waals surface area contributed by atoms with Crippen LogP contribution in [0, 0.1) is 0 Å². The van der Waals surface area contributed by atoms with Gasteiger partial charge in [0.15, 0.2) is 0 Å². The van der Waals surface area contributed by atoms with Crippen LogP contribution in [0.2, 0.25) is 0 Å². The average Bonchev–Trinajstić information content (AvgIpc) is 2.86. The van der Waals surface area contributed by atoms with Crippen molar-refractivity contribution in [2.75, 3.05) is 19.4 Å². The predicted molar refractivity (Wildman–Crippen MR) is 169 cm³/mol. The highest BCUT2D eigenvalue weighted by Crippen LogP contribution is 2.26. The number of aliphatic imine (C=N–C) groups is 1. The Hall–Kier alpha value is -3.59. The van der Waals surface area contributed by atoms with Gasteiger partial charge in [0.2, 0.25) is 0 Å². The van der Waals surface area contributed by atoms with Gasteiger partial charge in [-0.25, -0.2) is 0 Å². The molecule has 0 radical (unpaired) electrons. The lowest BCUT2D eigenvalue weighted by Crippen LogP contribution is -2.11. The lowest BCUT2D eigenvalue weighted by atomic mass is 9.86. The van der Waals surface area contributed by atoms with E-state index in [0.29, 0.717) is 0 Å². The second-order valence-electron chi connectivity index (χ2n) is 11.1. The summed E-state index contributed by atoms with van der Waals surface area (Å²) in [6.07, 6.45) is 8.22. The smallest absolute Gasteiger partial charge is 0.0893 e. The van der Waals surface area contributed by atoms with E-state index < -0.39 is 0 Å². The van der Waals surface area contributed by atoms with Crippen LogP contribution in [0.15, 0.2) is 113 Å². The maximum absolute atomic E-state index is 5.14. The van der Waals surface area contributed by atoms with E-state index in [-0.39, 0.29) is 5.41 Å². The van der Waals surface area contributed by atoms with Crippen LogP contribution in [0.3, 0.4) is 0 Å². The minimum Gasteiger partial charge on any atom is -0.378 e. The SMILES string of the molecule is C=C\C(=C/C=C(C)/C(C)=C(/N=C(C)c1ccc(C(C)(C)C)cc1)C(=C)Nc1cccc(CCC)c1)N(C)C. The summed E-state index contributed by atoms with van der Waals surface area (Å²) in [6.45, 7) is 23.5. The summed E-state index contributed by atoms with van der Waals surface area (Å²) in [5.74, 6) is 0. The molecule has 0 aliphatic heterocycles. The molecule has 2 aromatic carbocycles. The largest absolute Gasteiger partial charge is 0.378 e. The molecular weight excluding hydrogens is 462 g/mol. The van der Waals surface area contributed by atoms with Crippen molar-refractivity contribution in [1.82, 2.24) is 4.90 Å². The van der Waals surface area contributed by atoms with Gasteiger partial charge in [0.25, 0.3) is 0 Å². The predicted octanol–water partition coefficient (Wildman–Crippen LogP) is 9.22. The Bertz CT molecular complexity index is 1240. The molecule has 0 aliphatic carbocycles. The Morgan fingerprint density at radius 2 is 1.66 bits per heavy atom. The van der Waals surface area contributed by atoms with Gasteiger partial charge in [-0.05, 0) is 84.7 Å². The van der Waals surface area contributed by atoms with E-state index in [2.05, 4.69) is 128 Å². The third-order valence-electron chi connectivity index (χ3n) is 6.67. The van der Waals surface area contributed by atoms with Crippen molar-refractivity contribution in [3.63, 3.8) is 0 Å². The van der Waals surface area contributed by atoms with Crippen molar-refractivity contribution in [1.29, 1.82) is 0 Å². The van der Waals surface area contributed by atoms with Crippen molar-refractivity contribution in [3.8, 4) is 0 Å². The van der Waals surface area contributed by atoms with Crippen LogP contribution in [-0.4, -0.2) is 24.7 Å². The Kier molecular flexibility index (Phi) is 11.1. The van der Waals surface area contributed by atoms with Crippen molar-refractivity contribution in [2.24, 2.45) is 4.99 Å². The molecule has 3 heteroatoms. The summed E-state index contributed by atoms with van der Waals surface area (Å²) in [5.41, 5.74) is 10.7. The van der Waals surface area contributed by atoms with Gasteiger partial charge in [-0.3, -0.25) is 4.99 Å². The van der Waals surface area contributed by atoms with Gasteiger partial charge in [0.1, 0.15) is 0 Å². The number of anilines is 1. The van der Waals surface area contributed by atoms with Crippen LogP contribution >= 0.6 is 0 Å². The highest BCUT2D eigenvalue weighted by atomic mass is 15.1. The molecule has 1 N–H and O–H groups in total. The molecule has 0 spiro atoms. The lowest BCUT2D eigenvalue weighted by molar-refractivity contribution is 0.530. The summed E-state index contributed by atoms with van der Waals surface area (Å²) < 4.78 is 0.